The number of nitrogen functional groups attached to an aromatic ring is 1. The molecule has 0 radical (unpaired) electrons. The maximum absolute atomic E-state index is 13.1. The van der Waals surface area contributed by atoms with E-state index in [1.165, 1.54) is 0 Å². The number of nitrogens with two attached hydrogens (primary N) is 1. The molecule has 1 fully saturated rings. The van der Waals surface area contributed by atoms with E-state index < -0.39 is 5.54 Å². The van der Waals surface area contributed by atoms with Crippen molar-refractivity contribution in [3.05, 3.63) is 36.2 Å². The molecule has 8 nitrogen and oxygen atoms in total. The fourth-order valence-corrected chi connectivity index (χ4v) is 3.51. The lowest BCUT2D eigenvalue weighted by Gasteiger charge is -2.43. The summed E-state index contributed by atoms with van der Waals surface area (Å²) in [5.41, 5.74) is 5.37. The second-order valence-corrected chi connectivity index (χ2v) is 6.68. The molecule has 1 aromatic carbocycles. The van der Waals surface area contributed by atoms with E-state index in [-0.39, 0.29) is 24.2 Å². The molecule has 0 atom stereocenters. The van der Waals surface area contributed by atoms with Gasteiger partial charge in [-0.2, -0.15) is 4.98 Å². The highest BCUT2D eigenvalue weighted by Crippen LogP contribution is 2.34. The van der Waals surface area contributed by atoms with Crippen LogP contribution in [0.25, 0.3) is 0 Å². The van der Waals surface area contributed by atoms with E-state index in [1.54, 1.807) is 11.9 Å². The van der Waals surface area contributed by atoms with Crippen LogP contribution in [-0.4, -0.2) is 44.5 Å². The van der Waals surface area contributed by atoms with Crippen LogP contribution >= 0.6 is 0 Å². The molecule has 1 aromatic heterocycles. The Balaban J connectivity index is 1.79. The van der Waals surface area contributed by atoms with Gasteiger partial charge in [-0.25, -0.2) is 0 Å². The molecule has 0 unspecified atom stereocenters. The van der Waals surface area contributed by atoms with E-state index in [0.29, 0.717) is 18.7 Å². The summed E-state index contributed by atoms with van der Waals surface area (Å²) in [5.74, 6) is 0.168. The number of carbonyl (C=O) groups is 2. The summed E-state index contributed by atoms with van der Waals surface area (Å²) in [6.45, 7) is 0. The minimum atomic E-state index is -0.850. The molecule has 3 rings (SSSR count). The van der Waals surface area contributed by atoms with Crippen molar-refractivity contribution in [1.29, 1.82) is 0 Å². The van der Waals surface area contributed by atoms with Gasteiger partial charge in [-0.1, -0.05) is 37.5 Å². The van der Waals surface area contributed by atoms with E-state index in [0.717, 1.165) is 24.9 Å². The first-order chi connectivity index (χ1) is 12.5. The standard InChI is InChI=1S/C18H24N6O2/c1-24(15(25)12-14-21-17(19)23-22-14)18(10-6-3-7-11-18)16(26)20-13-8-4-2-5-9-13/h2,4-5,8-9H,3,6-7,10-12H2,1H3,(H,20,26)(H3,19,21,22,23). The average molecular weight is 356 g/mol. The molecule has 4 N–H and O–H groups in total. The van der Waals surface area contributed by atoms with Crippen LogP contribution in [0.2, 0.25) is 0 Å². The van der Waals surface area contributed by atoms with E-state index in [2.05, 4.69) is 20.5 Å². The van der Waals surface area contributed by atoms with Crippen LogP contribution in [0.1, 0.15) is 37.9 Å². The quantitative estimate of drug-likeness (QED) is 0.754. The third kappa shape index (κ3) is 3.68. The first-order valence-electron chi connectivity index (χ1n) is 8.81. The summed E-state index contributed by atoms with van der Waals surface area (Å²) in [4.78, 5) is 31.5. The van der Waals surface area contributed by atoms with Crippen molar-refractivity contribution in [2.24, 2.45) is 0 Å². The molecule has 1 aliphatic rings. The zero-order chi connectivity index (χ0) is 18.6. The Kier molecular flexibility index (Phi) is 5.20. The second kappa shape index (κ2) is 7.55. The summed E-state index contributed by atoms with van der Waals surface area (Å²) < 4.78 is 0. The molecule has 1 saturated carbocycles. The van der Waals surface area contributed by atoms with Gasteiger partial charge in [0.2, 0.25) is 17.8 Å². The number of benzene rings is 1. The summed E-state index contributed by atoms with van der Waals surface area (Å²) in [6.07, 6.45) is 4.21. The molecule has 2 amide bonds. The molecule has 0 bridgehead atoms. The van der Waals surface area contributed by atoms with E-state index >= 15 is 0 Å². The van der Waals surface area contributed by atoms with Crippen LogP contribution in [-0.2, 0) is 16.0 Å². The number of para-hydroxylation sites is 1. The summed E-state index contributed by atoms with van der Waals surface area (Å²) in [7, 11) is 1.69. The highest BCUT2D eigenvalue weighted by atomic mass is 16.2. The van der Waals surface area contributed by atoms with Gasteiger partial charge in [0.25, 0.3) is 0 Å². The molecule has 138 valence electrons. The minimum Gasteiger partial charge on any atom is -0.367 e. The summed E-state index contributed by atoms with van der Waals surface area (Å²) in [6, 6.07) is 9.31. The Labute approximate surface area is 152 Å². The number of carbonyl (C=O) groups excluding carboxylic acids is 2. The summed E-state index contributed by atoms with van der Waals surface area (Å²) >= 11 is 0. The predicted molar refractivity (Wildman–Crippen MR) is 98.2 cm³/mol. The second-order valence-electron chi connectivity index (χ2n) is 6.68. The zero-order valence-electron chi connectivity index (χ0n) is 14.9. The lowest BCUT2D eigenvalue weighted by Crippen LogP contribution is -2.58. The van der Waals surface area contributed by atoms with Crippen LogP contribution in [0, 0.1) is 0 Å². The Hall–Kier alpha value is -2.90. The van der Waals surface area contributed by atoms with Gasteiger partial charge in [-0.3, -0.25) is 14.7 Å². The van der Waals surface area contributed by atoms with Crippen molar-refractivity contribution >= 4 is 23.5 Å². The van der Waals surface area contributed by atoms with Gasteiger partial charge in [0, 0.05) is 12.7 Å². The van der Waals surface area contributed by atoms with E-state index in [4.69, 9.17) is 5.73 Å². The van der Waals surface area contributed by atoms with Crippen LogP contribution in [0.5, 0.6) is 0 Å². The number of nitrogens with one attached hydrogen (secondary N) is 2. The van der Waals surface area contributed by atoms with E-state index in [9.17, 15) is 9.59 Å². The minimum absolute atomic E-state index is 0.0288. The predicted octanol–water partition coefficient (Wildman–Crippen LogP) is 1.73. The molecule has 26 heavy (non-hydrogen) atoms. The number of hydrogen-bond acceptors (Lipinski definition) is 5. The fourth-order valence-electron chi connectivity index (χ4n) is 3.51. The number of amides is 2. The summed E-state index contributed by atoms with van der Waals surface area (Å²) in [5, 5.41) is 9.35. The fraction of sp³-hybridized carbons (Fsp3) is 0.444. The number of likely N-dealkylation sites (N-methyl/N-ethyl adjacent to an activating group) is 1. The number of H-pyrrole nitrogens is 1. The number of anilines is 2. The molecular weight excluding hydrogens is 332 g/mol. The van der Waals surface area contributed by atoms with Crippen molar-refractivity contribution in [1.82, 2.24) is 20.1 Å². The number of aromatic amines is 1. The zero-order valence-corrected chi connectivity index (χ0v) is 14.9. The topological polar surface area (TPSA) is 117 Å². The molecular formula is C18H24N6O2. The van der Waals surface area contributed by atoms with Crippen LogP contribution < -0.4 is 11.1 Å². The Bertz CT molecular complexity index is 767. The van der Waals surface area contributed by atoms with Gasteiger partial charge in [0.15, 0.2) is 0 Å². The van der Waals surface area contributed by atoms with Crippen LogP contribution in [0.3, 0.4) is 0 Å². The maximum Gasteiger partial charge on any atom is 0.250 e. The highest BCUT2D eigenvalue weighted by Gasteiger charge is 2.45. The Morgan fingerprint density at radius 2 is 1.92 bits per heavy atom. The molecule has 2 aromatic rings. The van der Waals surface area contributed by atoms with Gasteiger partial charge in [-0.05, 0) is 25.0 Å². The van der Waals surface area contributed by atoms with Gasteiger partial charge in [0.05, 0.1) is 6.42 Å². The molecule has 0 saturated heterocycles. The molecule has 8 heteroatoms. The third-order valence-electron chi connectivity index (χ3n) is 5.02. The Morgan fingerprint density at radius 3 is 2.54 bits per heavy atom. The molecule has 0 spiro atoms. The van der Waals surface area contributed by atoms with Crippen molar-refractivity contribution in [3.8, 4) is 0 Å². The number of aromatic nitrogens is 3. The molecule has 0 aliphatic heterocycles. The van der Waals surface area contributed by atoms with E-state index in [1.807, 2.05) is 30.3 Å². The number of rotatable bonds is 5. The van der Waals surface area contributed by atoms with Crippen LogP contribution in [0.15, 0.2) is 30.3 Å². The lowest BCUT2D eigenvalue weighted by atomic mass is 9.79. The van der Waals surface area contributed by atoms with Crippen molar-refractivity contribution in [2.75, 3.05) is 18.1 Å². The van der Waals surface area contributed by atoms with Gasteiger partial charge >= 0.3 is 0 Å². The van der Waals surface area contributed by atoms with Gasteiger partial charge < -0.3 is 16.0 Å². The normalized spacial score (nSPS) is 16.0. The highest BCUT2D eigenvalue weighted by molar-refractivity contribution is 6.00. The average Bonchev–Trinajstić information content (AvgIpc) is 3.07. The number of hydrogen-bond donors (Lipinski definition) is 3. The Morgan fingerprint density at radius 1 is 1.23 bits per heavy atom. The van der Waals surface area contributed by atoms with Crippen molar-refractivity contribution in [3.63, 3.8) is 0 Å². The molecule has 1 aliphatic carbocycles. The smallest absolute Gasteiger partial charge is 0.250 e. The van der Waals surface area contributed by atoms with Crippen molar-refractivity contribution in [2.45, 2.75) is 44.1 Å². The van der Waals surface area contributed by atoms with Gasteiger partial charge in [-0.15, -0.1) is 5.10 Å². The lowest BCUT2D eigenvalue weighted by molar-refractivity contribution is -0.145. The first kappa shape index (κ1) is 17.9. The monoisotopic (exact) mass is 356 g/mol. The number of nitrogens with zero attached hydrogens (tertiary/aromatic N) is 3. The first-order valence-corrected chi connectivity index (χ1v) is 8.81. The van der Waals surface area contributed by atoms with Crippen LogP contribution in [0.4, 0.5) is 11.6 Å². The largest absolute Gasteiger partial charge is 0.367 e. The maximum atomic E-state index is 13.1. The molecule has 1 heterocycles. The SMILES string of the molecule is CN(C(=O)Cc1nc(N)n[nH]1)C1(C(=O)Nc2ccccc2)CCCCC1. The van der Waals surface area contributed by atoms with Crippen molar-refractivity contribution < 1.29 is 9.59 Å². The third-order valence-corrected chi connectivity index (χ3v) is 5.02. The van der Waals surface area contributed by atoms with Gasteiger partial charge in [0.1, 0.15) is 11.4 Å².